The van der Waals surface area contributed by atoms with Gasteiger partial charge in [0.1, 0.15) is 0 Å². The maximum atomic E-state index is 6.55. The average Bonchev–Trinajstić information content (AvgIpc) is 3.56. The molecule has 1 saturated carbocycles. The minimum atomic E-state index is 0.417. The predicted octanol–water partition coefficient (Wildman–Crippen LogP) is 5.16. The molecular weight excluding hydrogens is 408 g/mol. The van der Waals surface area contributed by atoms with E-state index in [0.29, 0.717) is 23.4 Å². The molecule has 0 atom stereocenters. The summed E-state index contributed by atoms with van der Waals surface area (Å²) in [5.41, 5.74) is 3.52. The van der Waals surface area contributed by atoms with Crippen LogP contribution in [0.3, 0.4) is 0 Å². The smallest absolute Gasteiger partial charge is 0.214 e. The van der Waals surface area contributed by atoms with Gasteiger partial charge in [-0.3, -0.25) is 4.98 Å². The van der Waals surface area contributed by atoms with Crippen molar-refractivity contribution in [3.05, 3.63) is 83.6 Å². The average molecular weight is 427 g/mol. The van der Waals surface area contributed by atoms with Crippen LogP contribution in [-0.4, -0.2) is 30.6 Å². The second-order valence-electron chi connectivity index (χ2n) is 7.77. The Morgan fingerprint density at radius 3 is 2.55 bits per heavy atom. The largest absolute Gasteiger partial charge is 0.333 e. The topological polar surface area (TPSA) is 59.2 Å². The van der Waals surface area contributed by atoms with Crippen molar-refractivity contribution in [1.82, 2.24) is 24.6 Å². The number of hydrogen-bond donors (Lipinski definition) is 0. The normalized spacial score (nSPS) is 13.7. The molecule has 1 aliphatic rings. The number of halogens is 1. The lowest BCUT2D eigenvalue weighted by Crippen LogP contribution is -2.29. The molecule has 0 bridgehead atoms. The van der Waals surface area contributed by atoms with Crippen LogP contribution in [0.1, 0.15) is 18.5 Å². The molecule has 7 heteroatoms. The molecule has 0 saturated heterocycles. The van der Waals surface area contributed by atoms with Crippen LogP contribution in [0.25, 0.3) is 27.9 Å². The molecule has 1 aliphatic carbocycles. The minimum absolute atomic E-state index is 0.417. The molecule has 0 spiro atoms. The van der Waals surface area contributed by atoms with Crippen molar-refractivity contribution in [2.24, 2.45) is 0 Å². The number of anilines is 1. The van der Waals surface area contributed by atoms with Crippen molar-refractivity contribution < 1.29 is 0 Å². The Balaban J connectivity index is 1.63. The van der Waals surface area contributed by atoms with E-state index in [1.807, 2.05) is 71.3 Å². The molecule has 3 aromatic heterocycles. The Hall–Kier alpha value is -3.51. The summed E-state index contributed by atoms with van der Waals surface area (Å²) in [6.45, 7) is 0.673. The number of rotatable bonds is 5. The van der Waals surface area contributed by atoms with Gasteiger partial charge in [-0.15, -0.1) is 10.2 Å². The van der Waals surface area contributed by atoms with E-state index in [0.717, 1.165) is 46.6 Å². The summed E-state index contributed by atoms with van der Waals surface area (Å²) in [5, 5.41) is 10.7. The molecule has 3 heterocycles. The third kappa shape index (κ3) is 3.20. The molecule has 0 aliphatic heterocycles. The van der Waals surface area contributed by atoms with E-state index in [2.05, 4.69) is 26.1 Å². The lowest BCUT2D eigenvalue weighted by molar-refractivity contribution is 0.739. The van der Waals surface area contributed by atoms with E-state index in [4.69, 9.17) is 16.6 Å². The molecule has 152 valence electrons. The summed E-state index contributed by atoms with van der Waals surface area (Å²) in [6.07, 6.45) is 4.09. The maximum absolute atomic E-state index is 6.55. The van der Waals surface area contributed by atoms with Crippen LogP contribution in [-0.2, 0) is 6.54 Å². The molecule has 0 N–H and O–H groups in total. The predicted molar refractivity (Wildman–Crippen MR) is 122 cm³/mol. The van der Waals surface area contributed by atoms with Gasteiger partial charge >= 0.3 is 0 Å². The fraction of sp³-hybridized carbons (Fsp3) is 0.167. The Kier molecular flexibility index (Phi) is 4.32. The highest BCUT2D eigenvalue weighted by molar-refractivity contribution is 6.33. The maximum Gasteiger partial charge on any atom is 0.214 e. The summed E-state index contributed by atoms with van der Waals surface area (Å²) in [7, 11) is 0. The monoisotopic (exact) mass is 426 g/mol. The third-order valence-corrected chi connectivity index (χ3v) is 5.98. The van der Waals surface area contributed by atoms with Gasteiger partial charge in [0.25, 0.3) is 0 Å². The number of fused-ring (bicyclic) bond motifs is 3. The zero-order chi connectivity index (χ0) is 20.8. The van der Waals surface area contributed by atoms with E-state index < -0.39 is 0 Å². The molecule has 31 heavy (non-hydrogen) atoms. The molecule has 5 aromatic rings. The van der Waals surface area contributed by atoms with Crippen LogP contribution >= 0.6 is 11.6 Å². The fourth-order valence-corrected chi connectivity index (χ4v) is 4.21. The number of nitrogens with zero attached hydrogens (tertiary/aromatic N) is 6. The fourth-order valence-electron chi connectivity index (χ4n) is 3.99. The Bertz CT molecular complexity index is 1390. The molecular formula is C24H19ClN6. The van der Waals surface area contributed by atoms with Crippen molar-refractivity contribution in [2.75, 3.05) is 4.90 Å². The Morgan fingerprint density at radius 1 is 0.935 bits per heavy atom. The van der Waals surface area contributed by atoms with Crippen LogP contribution in [0, 0.1) is 0 Å². The van der Waals surface area contributed by atoms with E-state index in [-0.39, 0.29) is 0 Å². The van der Waals surface area contributed by atoms with Crippen molar-refractivity contribution in [3.63, 3.8) is 0 Å². The van der Waals surface area contributed by atoms with Crippen LogP contribution in [0.5, 0.6) is 0 Å². The number of aromatic nitrogens is 5. The minimum Gasteiger partial charge on any atom is -0.333 e. The second kappa shape index (κ2) is 7.32. The van der Waals surface area contributed by atoms with E-state index in [1.54, 1.807) is 0 Å². The van der Waals surface area contributed by atoms with Crippen LogP contribution in [0.15, 0.2) is 72.9 Å². The summed E-state index contributed by atoms with van der Waals surface area (Å²) in [4.78, 5) is 12.0. The van der Waals surface area contributed by atoms with Crippen molar-refractivity contribution >= 4 is 34.1 Å². The third-order valence-electron chi connectivity index (χ3n) is 5.65. The highest BCUT2D eigenvalue weighted by atomic mass is 35.5. The van der Waals surface area contributed by atoms with Crippen LogP contribution in [0.4, 0.5) is 5.95 Å². The van der Waals surface area contributed by atoms with Gasteiger partial charge in [-0.1, -0.05) is 41.9 Å². The van der Waals surface area contributed by atoms with Gasteiger partial charge in [-0.2, -0.15) is 0 Å². The quantitative estimate of drug-likeness (QED) is 0.388. The highest BCUT2D eigenvalue weighted by Gasteiger charge is 2.33. The zero-order valence-corrected chi connectivity index (χ0v) is 17.4. The van der Waals surface area contributed by atoms with Gasteiger partial charge in [-0.25, -0.2) is 9.38 Å². The number of para-hydroxylation sites is 1. The molecule has 0 amide bonds. The summed E-state index contributed by atoms with van der Waals surface area (Å²) >= 11 is 6.55. The molecule has 1 fully saturated rings. The summed E-state index contributed by atoms with van der Waals surface area (Å²) in [6, 6.07) is 22.2. The Labute approximate surface area is 184 Å². The van der Waals surface area contributed by atoms with Gasteiger partial charge in [0.05, 0.1) is 22.8 Å². The first kappa shape index (κ1) is 18.3. The summed E-state index contributed by atoms with van der Waals surface area (Å²) < 4.78 is 2.05. The van der Waals surface area contributed by atoms with Gasteiger partial charge in [-0.05, 0) is 49.2 Å². The lowest BCUT2D eigenvalue weighted by Gasteiger charge is -2.25. The van der Waals surface area contributed by atoms with Crippen molar-refractivity contribution in [2.45, 2.75) is 25.4 Å². The first-order valence-electron chi connectivity index (χ1n) is 10.3. The summed E-state index contributed by atoms with van der Waals surface area (Å²) in [5.74, 6) is 1.52. The molecule has 6 rings (SSSR count). The standard InChI is InChI=1S/C24H19ClN6/c25-20-10-3-1-8-18(20)22-28-29-23-19-9-2-4-11-21(19)27-24(31(22)23)30(17-12-13-17)15-16-7-5-6-14-26-16/h1-11,14,17H,12-13,15H2. The van der Waals surface area contributed by atoms with E-state index in [1.165, 1.54) is 0 Å². The Morgan fingerprint density at radius 2 is 1.74 bits per heavy atom. The van der Waals surface area contributed by atoms with E-state index in [9.17, 15) is 0 Å². The molecule has 0 unspecified atom stereocenters. The van der Waals surface area contributed by atoms with Crippen LogP contribution < -0.4 is 4.90 Å². The lowest BCUT2D eigenvalue weighted by atomic mass is 10.2. The highest BCUT2D eigenvalue weighted by Crippen LogP contribution is 2.36. The number of hydrogen-bond acceptors (Lipinski definition) is 5. The van der Waals surface area contributed by atoms with Crippen LogP contribution in [0.2, 0.25) is 5.02 Å². The molecule has 2 aromatic carbocycles. The SMILES string of the molecule is Clc1ccccc1-c1nnc2c3ccccc3nc(N(Cc3ccccn3)C3CC3)n12. The zero-order valence-electron chi connectivity index (χ0n) is 16.7. The van der Waals surface area contributed by atoms with Gasteiger partial charge in [0, 0.05) is 23.2 Å². The van der Waals surface area contributed by atoms with Crippen molar-refractivity contribution in [3.8, 4) is 11.4 Å². The molecule has 6 nitrogen and oxygen atoms in total. The van der Waals surface area contributed by atoms with E-state index >= 15 is 0 Å². The molecule has 0 radical (unpaired) electrons. The van der Waals surface area contributed by atoms with Gasteiger partial charge < -0.3 is 4.90 Å². The van der Waals surface area contributed by atoms with Gasteiger partial charge in [0.2, 0.25) is 5.95 Å². The van der Waals surface area contributed by atoms with Crippen molar-refractivity contribution in [1.29, 1.82) is 0 Å². The second-order valence-corrected chi connectivity index (χ2v) is 8.18. The van der Waals surface area contributed by atoms with Gasteiger partial charge in [0.15, 0.2) is 11.5 Å². The number of benzene rings is 2. The first-order valence-corrected chi connectivity index (χ1v) is 10.7. The number of pyridine rings is 1. The first-order chi connectivity index (χ1) is 15.3.